The number of benzene rings is 1. The molecule has 1 heterocycles. The summed E-state index contributed by atoms with van der Waals surface area (Å²) in [5, 5.41) is 15.9. The summed E-state index contributed by atoms with van der Waals surface area (Å²) >= 11 is 0. The molecule has 22 heavy (non-hydrogen) atoms. The Morgan fingerprint density at radius 1 is 1.32 bits per heavy atom. The van der Waals surface area contributed by atoms with Crippen LogP contribution in [-0.4, -0.2) is 28.8 Å². The van der Waals surface area contributed by atoms with E-state index in [4.69, 9.17) is 9.63 Å². The third kappa shape index (κ3) is 3.95. The fraction of sp³-hybridized carbons (Fsp3) is 0.412. The number of nitrogens with zero attached hydrogens (tertiary/aromatic N) is 1. The molecule has 0 aliphatic carbocycles. The van der Waals surface area contributed by atoms with Crippen molar-refractivity contribution in [3.05, 3.63) is 41.7 Å². The van der Waals surface area contributed by atoms with Crippen LogP contribution in [0.3, 0.4) is 0 Å². The number of aromatic nitrogens is 1. The number of hydrogen-bond acceptors (Lipinski definition) is 4. The van der Waals surface area contributed by atoms with Gasteiger partial charge in [-0.1, -0.05) is 48.8 Å². The molecule has 1 atom stereocenters. The molecule has 5 heteroatoms. The van der Waals surface area contributed by atoms with Crippen LogP contribution in [-0.2, 0) is 0 Å². The van der Waals surface area contributed by atoms with Gasteiger partial charge in [0.05, 0.1) is 0 Å². The van der Waals surface area contributed by atoms with Crippen LogP contribution >= 0.6 is 0 Å². The van der Waals surface area contributed by atoms with Gasteiger partial charge < -0.3 is 14.9 Å². The molecule has 0 fully saturated rings. The van der Waals surface area contributed by atoms with Crippen LogP contribution < -0.4 is 5.32 Å². The van der Waals surface area contributed by atoms with Crippen molar-refractivity contribution in [3.8, 4) is 11.3 Å². The maximum Gasteiger partial charge on any atom is 0.290 e. The van der Waals surface area contributed by atoms with Crippen LogP contribution in [0.25, 0.3) is 11.3 Å². The number of carbonyl (C=O) groups is 1. The minimum Gasteiger partial charge on any atom is -0.396 e. The summed E-state index contributed by atoms with van der Waals surface area (Å²) in [6.45, 7) is 6.05. The molecule has 2 N–H and O–H groups in total. The lowest BCUT2D eigenvalue weighted by Crippen LogP contribution is -2.39. The summed E-state index contributed by atoms with van der Waals surface area (Å²) in [6.07, 6.45) is 0.516. The van der Waals surface area contributed by atoms with Crippen molar-refractivity contribution in [2.45, 2.75) is 33.2 Å². The number of aryl methyl sites for hydroxylation is 1. The summed E-state index contributed by atoms with van der Waals surface area (Å²) in [4.78, 5) is 12.2. The van der Waals surface area contributed by atoms with E-state index in [9.17, 15) is 4.79 Å². The zero-order chi connectivity index (χ0) is 16.1. The number of aliphatic hydroxyl groups is 1. The van der Waals surface area contributed by atoms with E-state index in [-0.39, 0.29) is 30.2 Å². The molecule has 0 bridgehead atoms. The zero-order valence-electron chi connectivity index (χ0n) is 13.2. The van der Waals surface area contributed by atoms with Crippen LogP contribution in [0.1, 0.15) is 36.4 Å². The number of amides is 1. The second kappa shape index (κ2) is 7.22. The van der Waals surface area contributed by atoms with Gasteiger partial charge in [0.25, 0.3) is 5.91 Å². The maximum atomic E-state index is 12.2. The predicted molar refractivity (Wildman–Crippen MR) is 84.5 cm³/mol. The first-order chi connectivity index (χ1) is 10.5. The molecular formula is C17H22N2O3. The second-order valence-corrected chi connectivity index (χ2v) is 5.78. The Kier molecular flexibility index (Phi) is 5.33. The van der Waals surface area contributed by atoms with Crippen LogP contribution in [0, 0.1) is 12.8 Å². The second-order valence-electron chi connectivity index (χ2n) is 5.78. The highest BCUT2D eigenvalue weighted by Crippen LogP contribution is 2.20. The Balaban J connectivity index is 2.10. The van der Waals surface area contributed by atoms with E-state index >= 15 is 0 Å². The van der Waals surface area contributed by atoms with Crippen LogP contribution in [0.5, 0.6) is 0 Å². The molecule has 2 aromatic rings. The van der Waals surface area contributed by atoms with Gasteiger partial charge in [-0.25, -0.2) is 0 Å². The topological polar surface area (TPSA) is 75.4 Å². The third-order valence-electron chi connectivity index (χ3n) is 3.64. The number of aliphatic hydroxyl groups excluding tert-OH is 1. The van der Waals surface area contributed by atoms with Gasteiger partial charge in [-0.2, -0.15) is 0 Å². The fourth-order valence-corrected chi connectivity index (χ4v) is 2.19. The smallest absolute Gasteiger partial charge is 0.290 e. The van der Waals surface area contributed by atoms with Gasteiger partial charge in [-0.05, 0) is 19.3 Å². The zero-order valence-corrected chi connectivity index (χ0v) is 13.2. The molecule has 1 aromatic carbocycles. The molecule has 0 spiro atoms. The Morgan fingerprint density at radius 3 is 2.59 bits per heavy atom. The van der Waals surface area contributed by atoms with Gasteiger partial charge in [0.15, 0.2) is 0 Å². The molecule has 0 aliphatic rings. The van der Waals surface area contributed by atoms with E-state index in [0.29, 0.717) is 12.1 Å². The van der Waals surface area contributed by atoms with E-state index in [2.05, 4.69) is 10.5 Å². The summed E-state index contributed by atoms with van der Waals surface area (Å²) in [5.41, 5.74) is 2.70. The standard InChI is InChI=1S/C17H22N2O3/c1-11(2)14(8-9-20)18-17(21)16-10-15(19-22-16)13-6-4-12(3)5-7-13/h4-7,10-11,14,20H,8-9H2,1-3H3,(H,18,21). The molecule has 1 aromatic heterocycles. The van der Waals surface area contributed by atoms with Crippen molar-refractivity contribution in [3.63, 3.8) is 0 Å². The van der Waals surface area contributed by atoms with Gasteiger partial charge in [-0.15, -0.1) is 0 Å². The molecule has 0 radical (unpaired) electrons. The van der Waals surface area contributed by atoms with Gasteiger partial charge in [0.2, 0.25) is 5.76 Å². The van der Waals surface area contributed by atoms with E-state index in [1.807, 2.05) is 45.0 Å². The highest BCUT2D eigenvalue weighted by molar-refractivity contribution is 5.92. The van der Waals surface area contributed by atoms with Crippen molar-refractivity contribution in [1.29, 1.82) is 0 Å². The highest BCUT2D eigenvalue weighted by Gasteiger charge is 2.20. The Bertz CT molecular complexity index is 617. The maximum absolute atomic E-state index is 12.2. The molecule has 118 valence electrons. The summed E-state index contributed by atoms with van der Waals surface area (Å²) in [7, 11) is 0. The van der Waals surface area contributed by atoms with Crippen LogP contribution in [0.4, 0.5) is 0 Å². The van der Waals surface area contributed by atoms with Crippen molar-refractivity contribution >= 4 is 5.91 Å². The number of rotatable bonds is 6. The molecule has 0 saturated heterocycles. The molecule has 1 amide bonds. The monoisotopic (exact) mass is 302 g/mol. The van der Waals surface area contributed by atoms with Gasteiger partial charge in [0.1, 0.15) is 5.69 Å². The average molecular weight is 302 g/mol. The fourth-order valence-electron chi connectivity index (χ4n) is 2.19. The summed E-state index contributed by atoms with van der Waals surface area (Å²) in [6, 6.07) is 9.40. The highest BCUT2D eigenvalue weighted by atomic mass is 16.5. The minimum absolute atomic E-state index is 0.0359. The number of hydrogen-bond donors (Lipinski definition) is 2. The minimum atomic E-state index is -0.307. The summed E-state index contributed by atoms with van der Waals surface area (Å²) in [5.74, 6) is 0.104. The largest absolute Gasteiger partial charge is 0.396 e. The van der Waals surface area contributed by atoms with Crippen molar-refractivity contribution in [1.82, 2.24) is 10.5 Å². The average Bonchev–Trinajstić information content (AvgIpc) is 2.97. The van der Waals surface area contributed by atoms with Gasteiger partial charge >= 0.3 is 0 Å². The molecular weight excluding hydrogens is 280 g/mol. The lowest BCUT2D eigenvalue weighted by Gasteiger charge is -2.20. The first-order valence-electron chi connectivity index (χ1n) is 7.46. The molecule has 0 aliphatic heterocycles. The SMILES string of the molecule is Cc1ccc(-c2cc(C(=O)NC(CCO)C(C)C)on2)cc1. The van der Waals surface area contributed by atoms with Crippen molar-refractivity contribution in [2.75, 3.05) is 6.61 Å². The van der Waals surface area contributed by atoms with Crippen LogP contribution in [0.15, 0.2) is 34.9 Å². The van der Waals surface area contributed by atoms with E-state index in [1.54, 1.807) is 6.07 Å². The molecule has 2 rings (SSSR count). The van der Waals surface area contributed by atoms with E-state index in [0.717, 1.165) is 11.1 Å². The van der Waals surface area contributed by atoms with Crippen molar-refractivity contribution in [2.24, 2.45) is 5.92 Å². The first-order valence-corrected chi connectivity index (χ1v) is 7.46. The molecule has 1 unspecified atom stereocenters. The number of carbonyl (C=O) groups excluding carboxylic acids is 1. The Hall–Kier alpha value is -2.14. The summed E-state index contributed by atoms with van der Waals surface area (Å²) < 4.78 is 5.15. The lowest BCUT2D eigenvalue weighted by atomic mass is 10.0. The lowest BCUT2D eigenvalue weighted by molar-refractivity contribution is 0.0879. The van der Waals surface area contributed by atoms with Crippen LogP contribution in [0.2, 0.25) is 0 Å². The van der Waals surface area contributed by atoms with Gasteiger partial charge in [0, 0.05) is 24.3 Å². The Labute approximate surface area is 130 Å². The third-order valence-corrected chi connectivity index (χ3v) is 3.64. The van der Waals surface area contributed by atoms with Gasteiger partial charge in [-0.3, -0.25) is 4.79 Å². The van der Waals surface area contributed by atoms with E-state index < -0.39 is 0 Å². The normalized spacial score (nSPS) is 12.4. The quantitative estimate of drug-likeness (QED) is 0.860. The van der Waals surface area contributed by atoms with E-state index in [1.165, 1.54) is 0 Å². The molecule has 0 saturated carbocycles. The first kappa shape index (κ1) is 16.2. The number of nitrogens with one attached hydrogen (secondary N) is 1. The Morgan fingerprint density at radius 2 is 2.00 bits per heavy atom. The molecule has 5 nitrogen and oxygen atoms in total. The predicted octanol–water partition coefficient (Wildman–Crippen LogP) is 2.79. The van der Waals surface area contributed by atoms with Crippen molar-refractivity contribution < 1.29 is 14.4 Å².